The number of benzene rings is 3. The van der Waals surface area contributed by atoms with Crippen LogP contribution < -0.4 is 10.5 Å². The molecule has 0 saturated carbocycles. The molecule has 0 saturated heterocycles. The summed E-state index contributed by atoms with van der Waals surface area (Å²) in [4.78, 5) is 26.9. The maximum absolute atomic E-state index is 12.9. The Balaban J connectivity index is 1.51. The van der Waals surface area contributed by atoms with Gasteiger partial charge in [-0.2, -0.15) is 0 Å². The molecule has 0 amide bonds. The molecule has 1 unspecified atom stereocenters. The van der Waals surface area contributed by atoms with Crippen LogP contribution in [0.4, 0.5) is 0 Å². The van der Waals surface area contributed by atoms with E-state index in [1.54, 1.807) is 7.11 Å². The van der Waals surface area contributed by atoms with E-state index in [-0.39, 0.29) is 18.1 Å². The van der Waals surface area contributed by atoms with Crippen molar-refractivity contribution >= 4 is 16.6 Å². The number of nitrogens with zero attached hydrogens (tertiary/aromatic N) is 1. The molecule has 1 aromatic heterocycles. The number of fused-ring (bicyclic) bond motifs is 1. The molecule has 0 bridgehead atoms. The van der Waals surface area contributed by atoms with Crippen molar-refractivity contribution in [1.29, 1.82) is 0 Å². The third-order valence-corrected chi connectivity index (χ3v) is 5.17. The smallest absolute Gasteiger partial charge is 0.438 e. The number of aromatic nitrogens is 2. The van der Waals surface area contributed by atoms with Gasteiger partial charge in [0.25, 0.3) is 0 Å². The first-order chi connectivity index (χ1) is 14.6. The number of ketones is 1. The Morgan fingerprint density at radius 3 is 2.47 bits per heavy atom. The van der Waals surface area contributed by atoms with E-state index in [9.17, 15) is 9.59 Å². The van der Waals surface area contributed by atoms with E-state index in [4.69, 9.17) is 4.74 Å². The van der Waals surface area contributed by atoms with Crippen LogP contribution in [-0.4, -0.2) is 23.0 Å². The van der Waals surface area contributed by atoms with E-state index in [0.29, 0.717) is 18.7 Å². The summed E-state index contributed by atoms with van der Waals surface area (Å²) in [5.41, 5.74) is 1.98. The quantitative estimate of drug-likeness (QED) is 0.481. The Morgan fingerprint density at radius 1 is 1.03 bits per heavy atom. The first kappa shape index (κ1) is 19.6. The molecule has 152 valence electrons. The fourth-order valence-corrected chi connectivity index (χ4v) is 3.65. The topological polar surface area (TPSA) is 85.2 Å². The van der Waals surface area contributed by atoms with Crippen LogP contribution in [-0.2, 0) is 17.6 Å². The molecule has 0 aliphatic heterocycles. The number of carbonyl (C=O) groups excluding carboxylic acids is 1. The second-order valence-electron chi connectivity index (χ2n) is 7.33. The standard InChI is InChI=1S/C24H22N2O4/c1-29-22-10-7-16(8-11-22)12-20(23-25-24(28)30-26-23)15-21(27)14-17-6-9-18-4-2-3-5-19(18)13-17/h2-11,13,20H,12,14-15H2,1H3,(H,25,26,28). The highest BCUT2D eigenvalue weighted by Crippen LogP contribution is 2.24. The maximum atomic E-state index is 12.9. The third kappa shape index (κ3) is 4.66. The van der Waals surface area contributed by atoms with Gasteiger partial charge in [0.2, 0.25) is 0 Å². The van der Waals surface area contributed by atoms with Gasteiger partial charge in [0.1, 0.15) is 11.5 Å². The molecule has 4 rings (SSSR count). The summed E-state index contributed by atoms with van der Waals surface area (Å²) in [5.74, 6) is 0.331. The highest BCUT2D eigenvalue weighted by molar-refractivity contribution is 5.86. The molecule has 0 aliphatic rings. The van der Waals surface area contributed by atoms with Gasteiger partial charge in [-0.05, 0) is 40.5 Å². The van der Waals surface area contributed by atoms with Crippen LogP contribution in [0.2, 0.25) is 0 Å². The van der Waals surface area contributed by atoms with Gasteiger partial charge in [-0.15, -0.1) is 0 Å². The van der Waals surface area contributed by atoms with E-state index >= 15 is 0 Å². The molecular formula is C24H22N2O4. The minimum atomic E-state index is -0.619. The van der Waals surface area contributed by atoms with E-state index < -0.39 is 5.76 Å². The molecule has 0 fully saturated rings. The monoisotopic (exact) mass is 402 g/mol. The Morgan fingerprint density at radius 2 is 1.77 bits per heavy atom. The third-order valence-electron chi connectivity index (χ3n) is 5.17. The first-order valence-electron chi connectivity index (χ1n) is 9.79. The van der Waals surface area contributed by atoms with Crippen molar-refractivity contribution in [3.63, 3.8) is 0 Å². The molecule has 1 atom stereocenters. The minimum Gasteiger partial charge on any atom is -0.497 e. The first-order valence-corrected chi connectivity index (χ1v) is 9.79. The number of rotatable bonds is 8. The summed E-state index contributed by atoms with van der Waals surface area (Å²) < 4.78 is 9.87. The van der Waals surface area contributed by atoms with Crippen molar-refractivity contribution in [1.82, 2.24) is 10.1 Å². The SMILES string of the molecule is COc1ccc(CC(CC(=O)Cc2ccc3ccccc3c2)c2noc(=O)[nH]2)cc1. The van der Waals surface area contributed by atoms with Crippen LogP contribution in [0.25, 0.3) is 10.8 Å². The fraction of sp³-hybridized carbons (Fsp3) is 0.208. The zero-order valence-electron chi connectivity index (χ0n) is 16.6. The Bertz CT molecular complexity index is 1210. The summed E-state index contributed by atoms with van der Waals surface area (Å²) in [6.07, 6.45) is 1.13. The molecule has 1 N–H and O–H groups in total. The van der Waals surface area contributed by atoms with Gasteiger partial charge in [0.15, 0.2) is 5.82 Å². The summed E-state index contributed by atoms with van der Waals surface area (Å²) in [7, 11) is 1.61. The normalized spacial score (nSPS) is 12.0. The average Bonchev–Trinajstić information content (AvgIpc) is 3.20. The molecule has 3 aromatic carbocycles. The van der Waals surface area contributed by atoms with Crippen molar-refractivity contribution in [2.75, 3.05) is 7.11 Å². The number of H-pyrrole nitrogens is 1. The molecular weight excluding hydrogens is 380 g/mol. The molecule has 0 spiro atoms. The van der Waals surface area contributed by atoms with Gasteiger partial charge in [0.05, 0.1) is 7.11 Å². The summed E-state index contributed by atoms with van der Waals surface area (Å²) >= 11 is 0. The van der Waals surface area contributed by atoms with Crippen LogP contribution in [0.15, 0.2) is 76.0 Å². The lowest BCUT2D eigenvalue weighted by Crippen LogP contribution is -2.14. The summed E-state index contributed by atoms with van der Waals surface area (Å²) in [5, 5.41) is 6.08. The van der Waals surface area contributed by atoms with Crippen LogP contribution in [0.1, 0.15) is 29.3 Å². The summed E-state index contributed by atoms with van der Waals surface area (Å²) in [6, 6.07) is 21.7. The Labute approximate surface area is 173 Å². The number of aromatic amines is 1. The largest absolute Gasteiger partial charge is 0.497 e. The highest BCUT2D eigenvalue weighted by atomic mass is 16.5. The molecule has 6 nitrogen and oxygen atoms in total. The molecule has 30 heavy (non-hydrogen) atoms. The van der Waals surface area contributed by atoms with Gasteiger partial charge in [-0.1, -0.05) is 59.8 Å². The second-order valence-corrected chi connectivity index (χ2v) is 7.33. The van der Waals surface area contributed by atoms with Gasteiger partial charge >= 0.3 is 5.76 Å². The number of nitrogens with one attached hydrogen (secondary N) is 1. The van der Waals surface area contributed by atoms with Gasteiger partial charge in [0, 0.05) is 18.8 Å². The number of hydrogen-bond donors (Lipinski definition) is 1. The zero-order valence-corrected chi connectivity index (χ0v) is 16.6. The maximum Gasteiger partial charge on any atom is 0.438 e. The van der Waals surface area contributed by atoms with Crippen molar-refractivity contribution in [2.24, 2.45) is 0 Å². The van der Waals surface area contributed by atoms with Crippen LogP contribution in [0.3, 0.4) is 0 Å². The lowest BCUT2D eigenvalue weighted by atomic mass is 9.91. The summed E-state index contributed by atoms with van der Waals surface area (Å²) in [6.45, 7) is 0. The Hall–Kier alpha value is -3.67. The van der Waals surface area contributed by atoms with Crippen LogP contribution in [0, 0.1) is 0 Å². The Kier molecular flexibility index (Phi) is 5.75. The molecule has 0 aliphatic carbocycles. The van der Waals surface area contributed by atoms with Gasteiger partial charge in [-0.3, -0.25) is 14.3 Å². The number of Topliss-reactive ketones (excluding diaryl/α,β-unsaturated/α-hetero) is 1. The molecule has 6 heteroatoms. The minimum absolute atomic E-state index is 0.0765. The molecule has 4 aromatic rings. The molecule has 0 radical (unpaired) electrons. The number of ether oxygens (including phenoxy) is 1. The van der Waals surface area contributed by atoms with Crippen molar-refractivity contribution in [2.45, 2.75) is 25.2 Å². The van der Waals surface area contributed by atoms with Crippen molar-refractivity contribution in [3.05, 3.63) is 94.2 Å². The van der Waals surface area contributed by atoms with E-state index in [2.05, 4.69) is 14.7 Å². The second kappa shape index (κ2) is 8.78. The average molecular weight is 402 g/mol. The predicted octanol–water partition coefficient (Wildman–Crippen LogP) is 4.05. The van der Waals surface area contributed by atoms with Crippen molar-refractivity contribution < 1.29 is 14.1 Å². The molecule has 1 heterocycles. The van der Waals surface area contributed by atoms with E-state index in [1.807, 2.05) is 66.7 Å². The number of hydrogen-bond acceptors (Lipinski definition) is 5. The lowest BCUT2D eigenvalue weighted by Gasteiger charge is -2.14. The fourth-order valence-electron chi connectivity index (χ4n) is 3.65. The lowest BCUT2D eigenvalue weighted by molar-refractivity contribution is -0.118. The van der Waals surface area contributed by atoms with E-state index in [1.165, 1.54) is 0 Å². The number of methoxy groups -OCH3 is 1. The van der Waals surface area contributed by atoms with Crippen LogP contribution >= 0.6 is 0 Å². The predicted molar refractivity (Wildman–Crippen MR) is 114 cm³/mol. The number of carbonyl (C=O) groups is 1. The van der Waals surface area contributed by atoms with Crippen molar-refractivity contribution in [3.8, 4) is 5.75 Å². The van der Waals surface area contributed by atoms with Gasteiger partial charge < -0.3 is 4.74 Å². The zero-order chi connectivity index (χ0) is 20.9. The van der Waals surface area contributed by atoms with Gasteiger partial charge in [-0.25, -0.2) is 4.79 Å². The van der Waals surface area contributed by atoms with E-state index in [0.717, 1.165) is 27.6 Å². The van der Waals surface area contributed by atoms with Crippen LogP contribution in [0.5, 0.6) is 5.75 Å². The highest BCUT2D eigenvalue weighted by Gasteiger charge is 2.21.